The van der Waals surface area contributed by atoms with Crippen molar-refractivity contribution in [3.05, 3.63) is 23.0 Å². The lowest BCUT2D eigenvalue weighted by atomic mass is 10.3. The number of hydrogen-bond acceptors (Lipinski definition) is 3. The van der Waals surface area contributed by atoms with Gasteiger partial charge >= 0.3 is 0 Å². The number of pyridine rings is 1. The molecule has 0 N–H and O–H groups in total. The van der Waals surface area contributed by atoms with Crippen molar-refractivity contribution in [2.75, 3.05) is 18.0 Å². The summed E-state index contributed by atoms with van der Waals surface area (Å²) in [6, 6.07) is 4.90. The molecule has 0 aromatic carbocycles. The lowest BCUT2D eigenvalue weighted by Crippen LogP contribution is -2.25. The topological polar surface area (TPSA) is 39.9 Å². The third-order valence-electron chi connectivity index (χ3n) is 2.46. The van der Waals surface area contributed by atoms with E-state index >= 15 is 0 Å². The minimum atomic E-state index is -2.69. The molecule has 1 aromatic heterocycles. The number of halogens is 3. The fourth-order valence-electron chi connectivity index (χ4n) is 1.71. The Labute approximate surface area is 96.3 Å². The molecule has 1 aromatic rings. The third-order valence-corrected chi connectivity index (χ3v) is 2.67. The van der Waals surface area contributed by atoms with Gasteiger partial charge in [0.1, 0.15) is 11.2 Å². The number of hydrogen-bond donors (Lipinski definition) is 0. The highest BCUT2D eigenvalue weighted by molar-refractivity contribution is 6.29. The molecule has 0 radical (unpaired) electrons. The predicted octanol–water partition coefficient (Wildman–Crippen LogP) is 2.45. The van der Waals surface area contributed by atoms with Crippen LogP contribution in [0.4, 0.5) is 14.5 Å². The second-order valence-electron chi connectivity index (χ2n) is 3.64. The van der Waals surface area contributed by atoms with E-state index < -0.39 is 5.92 Å². The molecule has 1 aliphatic heterocycles. The van der Waals surface area contributed by atoms with E-state index in [1.54, 1.807) is 6.07 Å². The smallest absolute Gasteiger partial charge is 0.266 e. The molecule has 16 heavy (non-hydrogen) atoms. The number of nitriles is 1. The molecule has 0 atom stereocenters. The van der Waals surface area contributed by atoms with Crippen LogP contribution < -0.4 is 4.90 Å². The molecule has 0 amide bonds. The van der Waals surface area contributed by atoms with Gasteiger partial charge in [-0.25, -0.2) is 13.8 Å². The van der Waals surface area contributed by atoms with E-state index in [-0.39, 0.29) is 30.4 Å². The number of nitrogens with zero attached hydrogens (tertiary/aromatic N) is 3. The predicted molar refractivity (Wildman–Crippen MR) is 55.7 cm³/mol. The Balaban J connectivity index is 2.32. The Hall–Kier alpha value is -1.41. The van der Waals surface area contributed by atoms with E-state index in [0.29, 0.717) is 5.69 Å². The number of anilines is 1. The van der Waals surface area contributed by atoms with Crippen LogP contribution in [0.1, 0.15) is 12.1 Å². The summed E-state index contributed by atoms with van der Waals surface area (Å²) < 4.78 is 26.0. The summed E-state index contributed by atoms with van der Waals surface area (Å²) in [4.78, 5) is 5.26. The van der Waals surface area contributed by atoms with Crippen LogP contribution in [0, 0.1) is 11.3 Å². The van der Waals surface area contributed by atoms with Crippen molar-refractivity contribution in [3.63, 3.8) is 0 Å². The van der Waals surface area contributed by atoms with Gasteiger partial charge in [-0.2, -0.15) is 5.26 Å². The lowest BCUT2D eigenvalue weighted by Gasteiger charge is -2.18. The maximum Gasteiger partial charge on any atom is 0.266 e. The first-order chi connectivity index (χ1) is 7.52. The molecule has 1 fully saturated rings. The van der Waals surface area contributed by atoms with Gasteiger partial charge in [-0.3, -0.25) is 0 Å². The van der Waals surface area contributed by atoms with Crippen LogP contribution in [-0.4, -0.2) is 24.0 Å². The molecule has 2 rings (SSSR count). The molecule has 0 unspecified atom stereocenters. The van der Waals surface area contributed by atoms with Crippen LogP contribution in [0.15, 0.2) is 12.1 Å². The minimum Gasteiger partial charge on any atom is -0.363 e. The number of aromatic nitrogens is 1. The fourth-order valence-corrected chi connectivity index (χ4v) is 1.85. The highest BCUT2D eigenvalue weighted by atomic mass is 35.5. The first-order valence-corrected chi connectivity index (χ1v) is 5.09. The monoisotopic (exact) mass is 243 g/mol. The highest BCUT2D eigenvalue weighted by Gasteiger charge is 2.39. The van der Waals surface area contributed by atoms with E-state index in [2.05, 4.69) is 4.98 Å². The fraction of sp³-hybridized carbons (Fsp3) is 0.400. The van der Waals surface area contributed by atoms with Crippen molar-refractivity contribution >= 4 is 17.3 Å². The van der Waals surface area contributed by atoms with Crippen molar-refractivity contribution in [1.29, 1.82) is 5.26 Å². The van der Waals surface area contributed by atoms with E-state index in [0.717, 1.165) is 0 Å². The number of alkyl halides is 2. The quantitative estimate of drug-likeness (QED) is 0.712. The second-order valence-corrected chi connectivity index (χ2v) is 4.03. The summed E-state index contributed by atoms with van der Waals surface area (Å²) in [7, 11) is 0. The standard InChI is InChI=1S/C10H8ClF2N3/c11-9-2-1-8(7(5-14)15-9)16-4-3-10(12,13)6-16/h1-2H,3-4,6H2. The van der Waals surface area contributed by atoms with Crippen LogP contribution >= 0.6 is 11.6 Å². The van der Waals surface area contributed by atoms with Gasteiger partial charge in [0.05, 0.1) is 12.2 Å². The van der Waals surface area contributed by atoms with Crippen molar-refractivity contribution in [2.24, 2.45) is 0 Å². The summed E-state index contributed by atoms with van der Waals surface area (Å²) in [6.07, 6.45) is -0.194. The van der Waals surface area contributed by atoms with Crippen LogP contribution in [-0.2, 0) is 0 Å². The average molecular weight is 244 g/mol. The molecule has 3 nitrogen and oxygen atoms in total. The van der Waals surface area contributed by atoms with E-state index in [1.165, 1.54) is 11.0 Å². The van der Waals surface area contributed by atoms with Gasteiger partial charge < -0.3 is 4.90 Å². The maximum atomic E-state index is 13.0. The van der Waals surface area contributed by atoms with Crippen molar-refractivity contribution in [3.8, 4) is 6.07 Å². The first-order valence-electron chi connectivity index (χ1n) is 4.71. The number of rotatable bonds is 1. The van der Waals surface area contributed by atoms with Gasteiger partial charge in [-0.15, -0.1) is 0 Å². The molecule has 2 heterocycles. The molecule has 6 heteroatoms. The molecule has 0 saturated carbocycles. The zero-order chi connectivity index (χ0) is 11.8. The molecule has 0 aliphatic carbocycles. The van der Waals surface area contributed by atoms with Crippen LogP contribution in [0.2, 0.25) is 5.15 Å². The van der Waals surface area contributed by atoms with Gasteiger partial charge in [-0.05, 0) is 12.1 Å². The van der Waals surface area contributed by atoms with E-state index in [1.807, 2.05) is 6.07 Å². The van der Waals surface area contributed by atoms with Crippen LogP contribution in [0.25, 0.3) is 0 Å². The SMILES string of the molecule is N#Cc1nc(Cl)ccc1N1CCC(F)(F)C1. The van der Waals surface area contributed by atoms with Crippen LogP contribution in [0.3, 0.4) is 0 Å². The highest BCUT2D eigenvalue weighted by Crippen LogP contribution is 2.32. The van der Waals surface area contributed by atoms with E-state index in [4.69, 9.17) is 16.9 Å². The van der Waals surface area contributed by atoms with Gasteiger partial charge in [0.25, 0.3) is 5.92 Å². The van der Waals surface area contributed by atoms with Crippen molar-refractivity contribution in [1.82, 2.24) is 4.98 Å². The Morgan fingerprint density at radius 2 is 2.25 bits per heavy atom. The van der Waals surface area contributed by atoms with Gasteiger partial charge in [0.15, 0.2) is 5.69 Å². The van der Waals surface area contributed by atoms with Crippen molar-refractivity contribution in [2.45, 2.75) is 12.3 Å². The first kappa shape index (κ1) is 11.1. The Kier molecular flexibility index (Phi) is 2.68. The summed E-state index contributed by atoms with van der Waals surface area (Å²) in [6.45, 7) is -0.143. The third kappa shape index (κ3) is 2.07. The zero-order valence-electron chi connectivity index (χ0n) is 8.25. The Morgan fingerprint density at radius 1 is 1.50 bits per heavy atom. The van der Waals surface area contributed by atoms with Crippen LogP contribution in [0.5, 0.6) is 0 Å². The minimum absolute atomic E-state index is 0.0881. The average Bonchev–Trinajstić information content (AvgIpc) is 2.58. The van der Waals surface area contributed by atoms with Gasteiger partial charge in [0.2, 0.25) is 0 Å². The Bertz CT molecular complexity index is 456. The molecule has 1 saturated heterocycles. The maximum absolute atomic E-state index is 13.0. The lowest BCUT2D eigenvalue weighted by molar-refractivity contribution is 0.0257. The summed E-state index contributed by atoms with van der Waals surface area (Å²) in [5.74, 6) is -2.69. The van der Waals surface area contributed by atoms with E-state index in [9.17, 15) is 8.78 Å². The normalized spacial score (nSPS) is 18.5. The largest absolute Gasteiger partial charge is 0.363 e. The Morgan fingerprint density at radius 3 is 2.81 bits per heavy atom. The molecular formula is C10H8ClF2N3. The summed E-state index contributed by atoms with van der Waals surface area (Å²) in [5, 5.41) is 9.03. The molecular weight excluding hydrogens is 236 g/mol. The molecule has 1 aliphatic rings. The summed E-state index contributed by atoms with van der Waals surface area (Å²) >= 11 is 5.63. The summed E-state index contributed by atoms with van der Waals surface area (Å²) in [5.41, 5.74) is 0.509. The van der Waals surface area contributed by atoms with Gasteiger partial charge in [-0.1, -0.05) is 11.6 Å². The second kappa shape index (κ2) is 3.87. The molecule has 0 spiro atoms. The zero-order valence-corrected chi connectivity index (χ0v) is 9.01. The van der Waals surface area contributed by atoms with Crippen molar-refractivity contribution < 1.29 is 8.78 Å². The van der Waals surface area contributed by atoms with Gasteiger partial charge in [0, 0.05) is 13.0 Å². The molecule has 0 bridgehead atoms. The molecule has 84 valence electrons.